The first-order chi connectivity index (χ1) is 11.6. The molecule has 0 unspecified atom stereocenters. The van der Waals surface area contributed by atoms with Crippen LogP contribution in [0.3, 0.4) is 0 Å². The van der Waals surface area contributed by atoms with E-state index >= 15 is 0 Å². The van der Waals surface area contributed by atoms with Gasteiger partial charge < -0.3 is 4.90 Å². The maximum absolute atomic E-state index is 12.5. The van der Waals surface area contributed by atoms with Gasteiger partial charge in [-0.3, -0.25) is 0 Å². The van der Waals surface area contributed by atoms with Crippen LogP contribution in [0.4, 0.5) is 5.69 Å². The minimum absolute atomic E-state index is 0.0340. The van der Waals surface area contributed by atoms with E-state index in [2.05, 4.69) is 9.88 Å². The third kappa shape index (κ3) is 3.72. The van der Waals surface area contributed by atoms with Crippen molar-refractivity contribution < 1.29 is 8.42 Å². The van der Waals surface area contributed by atoms with Gasteiger partial charge in [0.25, 0.3) is 0 Å². The zero-order valence-electron chi connectivity index (χ0n) is 13.2. The molecule has 124 valence electrons. The molecular formula is C17H18N4O2S. The van der Waals surface area contributed by atoms with Gasteiger partial charge in [0.2, 0.25) is 10.0 Å². The van der Waals surface area contributed by atoms with Crippen LogP contribution in [0.1, 0.15) is 11.3 Å². The van der Waals surface area contributed by atoms with Gasteiger partial charge in [-0.15, -0.1) is 0 Å². The Morgan fingerprint density at radius 3 is 2.33 bits per heavy atom. The van der Waals surface area contributed by atoms with Gasteiger partial charge in [0, 0.05) is 26.2 Å². The van der Waals surface area contributed by atoms with Crippen molar-refractivity contribution in [3.8, 4) is 6.07 Å². The molecule has 1 aromatic heterocycles. The van der Waals surface area contributed by atoms with E-state index in [0.29, 0.717) is 31.9 Å². The summed E-state index contributed by atoms with van der Waals surface area (Å²) in [6.45, 7) is 2.13. The second-order valence-corrected chi connectivity index (χ2v) is 7.61. The summed E-state index contributed by atoms with van der Waals surface area (Å²) in [7, 11) is -3.30. The van der Waals surface area contributed by atoms with E-state index in [1.165, 1.54) is 0 Å². The summed E-state index contributed by atoms with van der Waals surface area (Å²) in [5.41, 5.74) is 2.09. The molecule has 24 heavy (non-hydrogen) atoms. The summed E-state index contributed by atoms with van der Waals surface area (Å²) in [4.78, 5) is 6.15. The quantitative estimate of drug-likeness (QED) is 0.843. The molecule has 3 rings (SSSR count). The lowest BCUT2D eigenvalue weighted by atomic mass is 10.2. The first-order valence-electron chi connectivity index (χ1n) is 7.71. The summed E-state index contributed by atoms with van der Waals surface area (Å²) in [5, 5.41) is 8.78. The standard InChI is InChI=1S/C17H18N4O2S/c18-12-16-6-7-17(13-19-16)20-8-10-21(11-9-20)24(22,23)14-15-4-2-1-3-5-15/h1-7,13H,8-11,14H2. The summed E-state index contributed by atoms with van der Waals surface area (Å²) in [5.74, 6) is 0.0340. The van der Waals surface area contributed by atoms with Gasteiger partial charge in [0.15, 0.2) is 0 Å². The van der Waals surface area contributed by atoms with Gasteiger partial charge in [-0.1, -0.05) is 30.3 Å². The molecule has 1 aromatic carbocycles. The van der Waals surface area contributed by atoms with E-state index in [1.54, 1.807) is 16.6 Å². The zero-order valence-corrected chi connectivity index (χ0v) is 14.0. The van der Waals surface area contributed by atoms with Crippen molar-refractivity contribution in [1.82, 2.24) is 9.29 Å². The first kappa shape index (κ1) is 16.4. The molecule has 2 heterocycles. The number of aromatic nitrogens is 1. The summed E-state index contributed by atoms with van der Waals surface area (Å²) >= 11 is 0. The van der Waals surface area contributed by atoms with Gasteiger partial charge in [0.05, 0.1) is 17.6 Å². The molecule has 6 nitrogen and oxygen atoms in total. The van der Waals surface area contributed by atoms with Crippen LogP contribution in [-0.2, 0) is 15.8 Å². The topological polar surface area (TPSA) is 77.3 Å². The molecule has 1 aliphatic rings. The second kappa shape index (κ2) is 6.99. The fourth-order valence-corrected chi connectivity index (χ4v) is 4.26. The van der Waals surface area contributed by atoms with Gasteiger partial charge in [-0.05, 0) is 17.7 Å². The average Bonchev–Trinajstić information content (AvgIpc) is 2.62. The zero-order chi connectivity index (χ0) is 17.0. The number of hydrogen-bond donors (Lipinski definition) is 0. The number of benzene rings is 1. The van der Waals surface area contributed by atoms with E-state index in [1.807, 2.05) is 42.5 Å². The number of rotatable bonds is 4. The minimum atomic E-state index is -3.30. The van der Waals surface area contributed by atoms with Crippen LogP contribution in [0, 0.1) is 11.3 Å². The lowest BCUT2D eigenvalue weighted by Gasteiger charge is -2.35. The first-order valence-corrected chi connectivity index (χ1v) is 9.32. The SMILES string of the molecule is N#Cc1ccc(N2CCN(S(=O)(=O)Cc3ccccc3)CC2)cn1. The fourth-order valence-electron chi connectivity index (χ4n) is 2.74. The fraction of sp³-hybridized carbons (Fsp3) is 0.294. The molecule has 0 amide bonds. The Hall–Kier alpha value is -2.43. The van der Waals surface area contributed by atoms with Crippen LogP contribution in [0.5, 0.6) is 0 Å². The normalized spacial score (nSPS) is 15.9. The Labute approximate surface area is 142 Å². The maximum atomic E-state index is 12.5. The predicted molar refractivity (Wildman–Crippen MR) is 91.8 cm³/mol. The highest BCUT2D eigenvalue weighted by molar-refractivity contribution is 7.88. The van der Waals surface area contributed by atoms with E-state index < -0.39 is 10.0 Å². The van der Waals surface area contributed by atoms with Gasteiger partial charge >= 0.3 is 0 Å². The van der Waals surface area contributed by atoms with E-state index in [-0.39, 0.29) is 5.75 Å². The Balaban J connectivity index is 1.62. The van der Waals surface area contributed by atoms with Crippen LogP contribution in [0.25, 0.3) is 0 Å². The largest absolute Gasteiger partial charge is 0.368 e. The third-order valence-electron chi connectivity index (χ3n) is 4.05. The lowest BCUT2D eigenvalue weighted by molar-refractivity contribution is 0.384. The number of piperazine rings is 1. The van der Waals surface area contributed by atoms with Gasteiger partial charge in [0.1, 0.15) is 11.8 Å². The molecule has 0 spiro atoms. The molecular weight excluding hydrogens is 324 g/mol. The number of pyridine rings is 1. The molecule has 1 fully saturated rings. The lowest BCUT2D eigenvalue weighted by Crippen LogP contribution is -2.49. The van der Waals surface area contributed by atoms with Crippen molar-refractivity contribution in [3.63, 3.8) is 0 Å². The second-order valence-electron chi connectivity index (χ2n) is 5.64. The van der Waals surface area contributed by atoms with E-state index in [4.69, 9.17) is 5.26 Å². The van der Waals surface area contributed by atoms with Crippen LogP contribution in [-0.4, -0.2) is 43.9 Å². The molecule has 2 aromatic rings. The van der Waals surface area contributed by atoms with Crippen molar-refractivity contribution >= 4 is 15.7 Å². The highest BCUT2D eigenvalue weighted by Gasteiger charge is 2.27. The highest BCUT2D eigenvalue weighted by Crippen LogP contribution is 2.18. The number of nitrogens with zero attached hydrogens (tertiary/aromatic N) is 4. The molecule has 1 saturated heterocycles. The number of anilines is 1. The van der Waals surface area contributed by atoms with Gasteiger partial charge in [-0.25, -0.2) is 13.4 Å². The maximum Gasteiger partial charge on any atom is 0.218 e. The Morgan fingerprint density at radius 2 is 1.75 bits per heavy atom. The summed E-state index contributed by atoms with van der Waals surface area (Å²) in [6, 6.07) is 14.7. The molecule has 0 atom stereocenters. The predicted octanol–water partition coefficient (Wildman–Crippen LogP) is 1.61. The monoisotopic (exact) mass is 342 g/mol. The van der Waals surface area contributed by atoms with Crippen molar-refractivity contribution in [1.29, 1.82) is 5.26 Å². The molecule has 1 aliphatic heterocycles. The molecule has 0 N–H and O–H groups in total. The average molecular weight is 342 g/mol. The van der Waals surface area contributed by atoms with Crippen molar-refractivity contribution in [2.24, 2.45) is 0 Å². The highest BCUT2D eigenvalue weighted by atomic mass is 32.2. The number of nitriles is 1. The molecule has 0 saturated carbocycles. The number of sulfonamides is 1. The minimum Gasteiger partial charge on any atom is -0.368 e. The van der Waals surface area contributed by atoms with Crippen molar-refractivity contribution in [2.75, 3.05) is 31.1 Å². The summed E-state index contributed by atoms with van der Waals surface area (Å²) < 4.78 is 26.6. The molecule has 0 aliphatic carbocycles. The number of hydrogen-bond acceptors (Lipinski definition) is 5. The Bertz CT molecular complexity index is 821. The van der Waals surface area contributed by atoms with Crippen LogP contribution in [0.2, 0.25) is 0 Å². The third-order valence-corrected chi connectivity index (χ3v) is 5.90. The molecule has 0 radical (unpaired) electrons. The Kier molecular flexibility index (Phi) is 4.79. The van der Waals surface area contributed by atoms with Crippen LogP contribution >= 0.6 is 0 Å². The Morgan fingerprint density at radius 1 is 1.04 bits per heavy atom. The van der Waals surface area contributed by atoms with Crippen molar-refractivity contribution in [3.05, 3.63) is 59.9 Å². The summed E-state index contributed by atoms with van der Waals surface area (Å²) in [6.07, 6.45) is 1.66. The van der Waals surface area contributed by atoms with Gasteiger partial charge in [-0.2, -0.15) is 9.57 Å². The van der Waals surface area contributed by atoms with E-state index in [9.17, 15) is 8.42 Å². The van der Waals surface area contributed by atoms with E-state index in [0.717, 1.165) is 11.3 Å². The van der Waals surface area contributed by atoms with Crippen molar-refractivity contribution in [2.45, 2.75) is 5.75 Å². The molecule has 0 bridgehead atoms. The smallest absolute Gasteiger partial charge is 0.218 e. The van der Waals surface area contributed by atoms with Crippen LogP contribution < -0.4 is 4.90 Å². The molecule has 7 heteroatoms. The van der Waals surface area contributed by atoms with Crippen LogP contribution in [0.15, 0.2) is 48.7 Å².